The van der Waals surface area contributed by atoms with Crippen LogP contribution in [0.4, 0.5) is 0 Å². The van der Waals surface area contributed by atoms with Crippen molar-refractivity contribution in [1.82, 2.24) is 15.3 Å². The third-order valence-electron chi connectivity index (χ3n) is 5.49. The Balaban J connectivity index is 1.55. The van der Waals surface area contributed by atoms with Gasteiger partial charge in [0.2, 0.25) is 5.88 Å². The van der Waals surface area contributed by atoms with E-state index in [-0.39, 0.29) is 17.9 Å². The Bertz CT molecular complexity index is 1160. The fourth-order valence-corrected chi connectivity index (χ4v) is 4.76. The number of hydrogen-bond acceptors (Lipinski definition) is 8. The Hall–Kier alpha value is -2.91. The Kier molecular flexibility index (Phi) is 6.21. The van der Waals surface area contributed by atoms with Gasteiger partial charge in [-0.3, -0.25) is 4.79 Å². The number of nitrogens with zero attached hydrogens (tertiary/aromatic N) is 2. The number of amides is 1. The SMILES string of the molecule is COCc1nc(OC)c2c(C)c(C(=O)NCC(C)(C)c3ccc4c(c3)OCCO4)sc2n1. The second-order valence-corrected chi connectivity index (χ2v) is 9.24. The summed E-state index contributed by atoms with van der Waals surface area (Å²) >= 11 is 1.33. The van der Waals surface area contributed by atoms with Crippen LogP contribution < -0.4 is 19.5 Å². The fourth-order valence-electron chi connectivity index (χ4n) is 3.65. The minimum atomic E-state index is -0.306. The molecule has 1 aliphatic heterocycles. The molecule has 1 N–H and O–H groups in total. The first kappa shape index (κ1) is 22.3. The fraction of sp³-hybridized carbons (Fsp3) is 0.435. The monoisotopic (exact) mass is 457 g/mol. The summed E-state index contributed by atoms with van der Waals surface area (Å²) in [6, 6.07) is 5.93. The van der Waals surface area contributed by atoms with E-state index in [0.717, 1.165) is 28.0 Å². The van der Waals surface area contributed by atoms with E-state index in [1.807, 2.05) is 25.1 Å². The van der Waals surface area contributed by atoms with Crippen molar-refractivity contribution in [3.8, 4) is 17.4 Å². The van der Waals surface area contributed by atoms with Crippen molar-refractivity contribution in [2.24, 2.45) is 0 Å². The zero-order chi connectivity index (χ0) is 22.9. The third kappa shape index (κ3) is 4.22. The predicted octanol–water partition coefficient (Wildman–Crippen LogP) is 3.63. The van der Waals surface area contributed by atoms with Crippen molar-refractivity contribution in [2.75, 3.05) is 34.0 Å². The van der Waals surface area contributed by atoms with E-state index >= 15 is 0 Å². The highest BCUT2D eigenvalue weighted by Gasteiger charge is 2.26. The highest BCUT2D eigenvalue weighted by Crippen LogP contribution is 2.36. The maximum absolute atomic E-state index is 13.1. The summed E-state index contributed by atoms with van der Waals surface area (Å²) in [6.45, 7) is 7.89. The van der Waals surface area contributed by atoms with Crippen LogP contribution in [0.15, 0.2) is 18.2 Å². The Morgan fingerprint density at radius 3 is 2.66 bits per heavy atom. The molecule has 0 fully saturated rings. The van der Waals surface area contributed by atoms with Gasteiger partial charge in [0.25, 0.3) is 5.91 Å². The normalized spacial score (nSPS) is 13.3. The number of aryl methyl sites for hydroxylation is 1. The molecule has 0 saturated heterocycles. The van der Waals surface area contributed by atoms with E-state index in [9.17, 15) is 4.79 Å². The van der Waals surface area contributed by atoms with E-state index in [1.54, 1.807) is 14.2 Å². The molecular weight excluding hydrogens is 430 g/mol. The zero-order valence-corrected chi connectivity index (χ0v) is 19.7. The van der Waals surface area contributed by atoms with Crippen LogP contribution >= 0.6 is 11.3 Å². The quantitative estimate of drug-likeness (QED) is 0.579. The van der Waals surface area contributed by atoms with Crippen LogP contribution in [-0.4, -0.2) is 49.9 Å². The van der Waals surface area contributed by atoms with Crippen LogP contribution in [0.1, 0.15) is 40.5 Å². The van der Waals surface area contributed by atoms with Crippen molar-refractivity contribution < 1.29 is 23.7 Å². The largest absolute Gasteiger partial charge is 0.486 e. The maximum atomic E-state index is 13.1. The molecule has 0 aliphatic carbocycles. The first-order chi connectivity index (χ1) is 15.3. The molecule has 0 unspecified atom stereocenters. The first-order valence-corrected chi connectivity index (χ1v) is 11.2. The summed E-state index contributed by atoms with van der Waals surface area (Å²) in [5.74, 6) is 2.32. The predicted molar refractivity (Wildman–Crippen MR) is 122 cm³/mol. The van der Waals surface area contributed by atoms with Gasteiger partial charge >= 0.3 is 0 Å². The molecule has 1 aliphatic rings. The third-order valence-corrected chi connectivity index (χ3v) is 6.68. The van der Waals surface area contributed by atoms with Crippen LogP contribution in [0.25, 0.3) is 10.2 Å². The van der Waals surface area contributed by atoms with Crippen LogP contribution in [0.5, 0.6) is 17.4 Å². The van der Waals surface area contributed by atoms with Crippen molar-refractivity contribution in [3.05, 3.63) is 40.0 Å². The lowest BCUT2D eigenvalue weighted by atomic mass is 9.84. The minimum absolute atomic E-state index is 0.147. The Labute approximate surface area is 190 Å². The Morgan fingerprint density at radius 2 is 1.94 bits per heavy atom. The van der Waals surface area contributed by atoms with Crippen molar-refractivity contribution in [1.29, 1.82) is 0 Å². The molecule has 9 heteroatoms. The number of fused-ring (bicyclic) bond motifs is 2. The lowest BCUT2D eigenvalue weighted by molar-refractivity contribution is 0.0949. The molecule has 0 spiro atoms. The number of benzene rings is 1. The van der Waals surface area contributed by atoms with Crippen molar-refractivity contribution in [3.63, 3.8) is 0 Å². The average molecular weight is 458 g/mol. The highest BCUT2D eigenvalue weighted by atomic mass is 32.1. The molecule has 0 saturated carbocycles. The molecular formula is C23H27N3O5S. The number of carbonyl (C=O) groups is 1. The number of hydrogen-bond donors (Lipinski definition) is 1. The topological polar surface area (TPSA) is 91.8 Å². The van der Waals surface area contributed by atoms with E-state index in [0.29, 0.717) is 41.2 Å². The van der Waals surface area contributed by atoms with Crippen LogP contribution in [-0.2, 0) is 16.8 Å². The van der Waals surface area contributed by atoms with E-state index in [2.05, 4.69) is 29.1 Å². The summed E-state index contributed by atoms with van der Waals surface area (Å²) < 4.78 is 21.9. The zero-order valence-electron chi connectivity index (χ0n) is 18.9. The molecule has 8 nitrogen and oxygen atoms in total. The molecule has 3 heterocycles. The van der Waals surface area contributed by atoms with Gasteiger partial charge in [-0.2, -0.15) is 4.98 Å². The van der Waals surface area contributed by atoms with Crippen molar-refractivity contribution >= 4 is 27.5 Å². The number of rotatable bonds is 7. The van der Waals surface area contributed by atoms with Crippen LogP contribution in [0.3, 0.4) is 0 Å². The smallest absolute Gasteiger partial charge is 0.261 e. The van der Waals surface area contributed by atoms with E-state index in [1.165, 1.54) is 11.3 Å². The molecule has 0 radical (unpaired) electrons. The molecule has 1 amide bonds. The van der Waals surface area contributed by atoms with Gasteiger partial charge in [-0.25, -0.2) is 4.98 Å². The molecule has 170 valence electrons. The molecule has 32 heavy (non-hydrogen) atoms. The van der Waals surface area contributed by atoms with Gasteiger partial charge in [0.15, 0.2) is 17.3 Å². The number of thiophene rings is 1. The average Bonchev–Trinajstić information content (AvgIpc) is 3.13. The number of nitrogens with one attached hydrogen (secondary N) is 1. The number of methoxy groups -OCH3 is 2. The van der Waals surface area contributed by atoms with Crippen molar-refractivity contribution in [2.45, 2.75) is 32.8 Å². The summed E-state index contributed by atoms with van der Waals surface area (Å²) in [6.07, 6.45) is 0. The van der Waals surface area contributed by atoms with Gasteiger partial charge < -0.3 is 24.3 Å². The van der Waals surface area contributed by atoms with Gasteiger partial charge in [0.05, 0.1) is 17.4 Å². The molecule has 1 aromatic carbocycles. The van der Waals surface area contributed by atoms with Crippen LogP contribution in [0.2, 0.25) is 0 Å². The Morgan fingerprint density at radius 1 is 1.19 bits per heavy atom. The molecule has 4 rings (SSSR count). The number of aromatic nitrogens is 2. The highest BCUT2D eigenvalue weighted by molar-refractivity contribution is 7.20. The van der Waals surface area contributed by atoms with Crippen LogP contribution in [0, 0.1) is 6.92 Å². The lowest BCUT2D eigenvalue weighted by Gasteiger charge is -2.27. The minimum Gasteiger partial charge on any atom is -0.486 e. The number of ether oxygens (including phenoxy) is 4. The van der Waals surface area contributed by atoms with E-state index < -0.39 is 0 Å². The van der Waals surface area contributed by atoms with Gasteiger partial charge in [0.1, 0.15) is 24.7 Å². The lowest BCUT2D eigenvalue weighted by Crippen LogP contribution is -2.36. The maximum Gasteiger partial charge on any atom is 0.261 e. The second-order valence-electron chi connectivity index (χ2n) is 8.24. The molecule has 0 atom stereocenters. The molecule has 3 aromatic rings. The summed E-state index contributed by atoms with van der Waals surface area (Å²) in [7, 11) is 3.15. The summed E-state index contributed by atoms with van der Waals surface area (Å²) in [5, 5.41) is 3.84. The van der Waals surface area contributed by atoms with Gasteiger partial charge in [-0.05, 0) is 30.2 Å². The first-order valence-electron chi connectivity index (χ1n) is 10.4. The molecule has 2 aromatic heterocycles. The second kappa shape index (κ2) is 8.91. The summed E-state index contributed by atoms with van der Waals surface area (Å²) in [5.41, 5.74) is 1.56. The van der Waals surface area contributed by atoms with Gasteiger partial charge in [0, 0.05) is 19.1 Å². The summed E-state index contributed by atoms with van der Waals surface area (Å²) in [4.78, 5) is 23.3. The number of carbonyl (C=O) groups excluding carboxylic acids is 1. The van der Waals surface area contributed by atoms with E-state index in [4.69, 9.17) is 18.9 Å². The molecule has 0 bridgehead atoms. The van der Waals surface area contributed by atoms with Gasteiger partial charge in [-0.15, -0.1) is 11.3 Å². The standard InChI is InChI=1S/C23H27N3O5S/c1-13-18-21(29-5)25-17(11-28-4)26-22(18)32-19(13)20(27)24-12-23(2,3)14-6-7-15-16(10-14)31-9-8-30-15/h6-7,10H,8-9,11-12H2,1-5H3,(H,24,27). The van der Waals surface area contributed by atoms with Gasteiger partial charge in [-0.1, -0.05) is 19.9 Å².